The van der Waals surface area contributed by atoms with Gasteiger partial charge in [0.15, 0.2) is 6.10 Å². The highest BCUT2D eigenvalue weighted by Crippen LogP contribution is 2.29. The third kappa shape index (κ3) is 4.67. The lowest BCUT2D eigenvalue weighted by atomic mass is 10.1. The van der Waals surface area contributed by atoms with E-state index in [9.17, 15) is 9.59 Å². The first-order valence-corrected chi connectivity index (χ1v) is 8.47. The summed E-state index contributed by atoms with van der Waals surface area (Å²) in [5, 5.41) is 2.91. The van der Waals surface area contributed by atoms with Crippen molar-refractivity contribution in [1.82, 2.24) is 0 Å². The summed E-state index contributed by atoms with van der Waals surface area (Å²) in [6, 6.07) is 10.2. The number of nitrogen functional groups attached to an aromatic ring is 1. The average molecular weight is 377 g/mol. The number of anilines is 2. The van der Waals surface area contributed by atoms with Crippen LogP contribution in [0.5, 0.6) is 5.75 Å². The molecule has 2 rings (SSSR count). The maximum Gasteiger partial charge on any atom is 0.342 e. The highest BCUT2D eigenvalue weighted by Gasteiger charge is 2.22. The SMILES string of the molecule is CCc1ccc(NC(=O)C(C)OC(=O)c2cc(Cl)c(N)cc2OC)cc1. The van der Waals surface area contributed by atoms with Crippen molar-refractivity contribution in [2.75, 3.05) is 18.2 Å². The number of carbonyl (C=O) groups is 2. The zero-order valence-electron chi connectivity index (χ0n) is 14.8. The van der Waals surface area contributed by atoms with Gasteiger partial charge in [-0.05, 0) is 37.1 Å². The highest BCUT2D eigenvalue weighted by atomic mass is 35.5. The maximum absolute atomic E-state index is 12.4. The van der Waals surface area contributed by atoms with Crippen molar-refractivity contribution in [1.29, 1.82) is 0 Å². The van der Waals surface area contributed by atoms with Crippen LogP contribution < -0.4 is 15.8 Å². The second-order valence-corrected chi connectivity index (χ2v) is 6.07. The van der Waals surface area contributed by atoms with E-state index in [1.54, 1.807) is 12.1 Å². The Morgan fingerprint density at radius 3 is 2.46 bits per heavy atom. The summed E-state index contributed by atoms with van der Waals surface area (Å²) >= 11 is 5.95. The second kappa shape index (κ2) is 8.58. The molecule has 1 unspecified atom stereocenters. The Labute approximate surface area is 157 Å². The molecule has 138 valence electrons. The Hall–Kier alpha value is -2.73. The number of benzene rings is 2. The van der Waals surface area contributed by atoms with E-state index in [2.05, 4.69) is 5.32 Å². The summed E-state index contributed by atoms with van der Waals surface area (Å²) in [4.78, 5) is 24.6. The summed E-state index contributed by atoms with van der Waals surface area (Å²) in [7, 11) is 1.40. The monoisotopic (exact) mass is 376 g/mol. The van der Waals surface area contributed by atoms with Crippen LogP contribution >= 0.6 is 11.6 Å². The molecule has 2 aromatic rings. The molecule has 0 aliphatic heterocycles. The standard InChI is InChI=1S/C19H21ClN2O4/c1-4-12-5-7-13(8-6-12)22-18(23)11(2)26-19(24)14-9-15(20)16(21)10-17(14)25-3/h5-11H,4,21H2,1-3H3,(H,22,23). The quantitative estimate of drug-likeness (QED) is 0.592. The van der Waals surface area contributed by atoms with Crippen LogP contribution in [-0.2, 0) is 16.0 Å². The molecule has 2 aromatic carbocycles. The maximum atomic E-state index is 12.4. The molecule has 7 heteroatoms. The van der Waals surface area contributed by atoms with Crippen LogP contribution in [0.15, 0.2) is 36.4 Å². The first-order chi connectivity index (χ1) is 12.3. The number of hydrogen-bond donors (Lipinski definition) is 2. The molecule has 0 bridgehead atoms. The minimum atomic E-state index is -1.01. The number of methoxy groups -OCH3 is 1. The molecule has 0 spiro atoms. The molecule has 3 N–H and O–H groups in total. The normalized spacial score (nSPS) is 11.5. The first kappa shape index (κ1) is 19.6. The van der Waals surface area contributed by atoms with Crippen LogP contribution in [0.4, 0.5) is 11.4 Å². The van der Waals surface area contributed by atoms with E-state index < -0.39 is 18.0 Å². The van der Waals surface area contributed by atoms with Crippen LogP contribution in [-0.4, -0.2) is 25.1 Å². The smallest absolute Gasteiger partial charge is 0.342 e. The number of carbonyl (C=O) groups excluding carboxylic acids is 2. The predicted octanol–water partition coefficient (Wildman–Crippen LogP) is 3.68. The Morgan fingerprint density at radius 2 is 1.88 bits per heavy atom. The van der Waals surface area contributed by atoms with Crippen molar-refractivity contribution in [2.45, 2.75) is 26.4 Å². The summed E-state index contributed by atoms with van der Waals surface area (Å²) in [6.45, 7) is 3.53. The zero-order chi connectivity index (χ0) is 19.3. The number of esters is 1. The number of nitrogens with one attached hydrogen (secondary N) is 1. The van der Waals surface area contributed by atoms with Gasteiger partial charge >= 0.3 is 5.97 Å². The van der Waals surface area contributed by atoms with Crippen LogP contribution in [0.25, 0.3) is 0 Å². The summed E-state index contributed by atoms with van der Waals surface area (Å²) in [5.74, 6) is -0.949. The van der Waals surface area contributed by atoms with Crippen LogP contribution in [0.3, 0.4) is 0 Å². The fourth-order valence-electron chi connectivity index (χ4n) is 2.24. The zero-order valence-corrected chi connectivity index (χ0v) is 15.6. The van der Waals surface area contributed by atoms with E-state index in [1.165, 1.54) is 26.2 Å². The van der Waals surface area contributed by atoms with Gasteiger partial charge in [0.1, 0.15) is 11.3 Å². The minimum absolute atomic E-state index is 0.0960. The van der Waals surface area contributed by atoms with E-state index in [0.29, 0.717) is 5.69 Å². The Balaban J connectivity index is 2.06. The molecule has 0 aromatic heterocycles. The topological polar surface area (TPSA) is 90.7 Å². The molecule has 0 saturated carbocycles. The Morgan fingerprint density at radius 1 is 1.23 bits per heavy atom. The molecule has 0 heterocycles. The molecular weight excluding hydrogens is 356 g/mol. The lowest BCUT2D eigenvalue weighted by molar-refractivity contribution is -0.123. The van der Waals surface area contributed by atoms with Gasteiger partial charge in [0, 0.05) is 11.8 Å². The number of hydrogen-bond acceptors (Lipinski definition) is 5. The molecule has 0 saturated heterocycles. The number of nitrogens with two attached hydrogens (primary N) is 1. The molecule has 0 aliphatic rings. The molecule has 0 fully saturated rings. The van der Waals surface area contributed by atoms with Crippen LogP contribution in [0, 0.1) is 0 Å². The predicted molar refractivity (Wildman–Crippen MR) is 102 cm³/mol. The molecule has 6 nitrogen and oxygen atoms in total. The molecule has 0 aliphatic carbocycles. The van der Waals surface area contributed by atoms with E-state index in [4.69, 9.17) is 26.8 Å². The van der Waals surface area contributed by atoms with Crippen molar-refractivity contribution >= 4 is 34.9 Å². The largest absolute Gasteiger partial charge is 0.496 e. The van der Waals surface area contributed by atoms with Gasteiger partial charge in [-0.15, -0.1) is 0 Å². The van der Waals surface area contributed by atoms with E-state index in [0.717, 1.165) is 12.0 Å². The molecular formula is C19H21ClN2O4. The van der Waals surface area contributed by atoms with Gasteiger partial charge < -0.3 is 20.5 Å². The van der Waals surface area contributed by atoms with Crippen molar-refractivity contribution in [3.63, 3.8) is 0 Å². The number of aryl methyl sites for hydroxylation is 1. The second-order valence-electron chi connectivity index (χ2n) is 5.66. The van der Waals surface area contributed by atoms with Gasteiger partial charge in [0.2, 0.25) is 0 Å². The number of ether oxygens (including phenoxy) is 2. The van der Waals surface area contributed by atoms with Gasteiger partial charge in [-0.2, -0.15) is 0 Å². The molecule has 0 radical (unpaired) electrons. The van der Waals surface area contributed by atoms with Crippen LogP contribution in [0.1, 0.15) is 29.8 Å². The van der Waals surface area contributed by atoms with Gasteiger partial charge in [-0.25, -0.2) is 4.79 Å². The summed E-state index contributed by atoms with van der Waals surface area (Å²) in [5.41, 5.74) is 7.86. The van der Waals surface area contributed by atoms with Gasteiger partial charge in [-0.1, -0.05) is 30.7 Å². The lowest BCUT2D eigenvalue weighted by Gasteiger charge is -2.15. The van der Waals surface area contributed by atoms with E-state index >= 15 is 0 Å². The molecule has 1 atom stereocenters. The fourth-order valence-corrected chi connectivity index (χ4v) is 2.41. The average Bonchev–Trinajstić information content (AvgIpc) is 2.63. The van der Waals surface area contributed by atoms with E-state index in [-0.39, 0.29) is 22.0 Å². The first-order valence-electron chi connectivity index (χ1n) is 8.09. The fraction of sp³-hybridized carbons (Fsp3) is 0.263. The van der Waals surface area contributed by atoms with Gasteiger partial charge in [0.25, 0.3) is 5.91 Å². The molecule has 26 heavy (non-hydrogen) atoms. The van der Waals surface area contributed by atoms with Crippen molar-refractivity contribution in [3.05, 3.63) is 52.5 Å². The third-order valence-corrected chi connectivity index (χ3v) is 4.15. The van der Waals surface area contributed by atoms with Crippen LogP contribution in [0.2, 0.25) is 5.02 Å². The van der Waals surface area contributed by atoms with Gasteiger partial charge in [0.05, 0.1) is 17.8 Å². The summed E-state index contributed by atoms with van der Waals surface area (Å²) in [6.07, 6.45) is -0.0943. The number of amides is 1. The van der Waals surface area contributed by atoms with Crippen molar-refractivity contribution in [2.24, 2.45) is 0 Å². The number of rotatable bonds is 6. The molecule has 1 amide bonds. The third-order valence-electron chi connectivity index (χ3n) is 3.82. The van der Waals surface area contributed by atoms with Crippen molar-refractivity contribution in [3.8, 4) is 5.75 Å². The van der Waals surface area contributed by atoms with E-state index in [1.807, 2.05) is 19.1 Å². The number of halogens is 1. The Bertz CT molecular complexity index is 806. The van der Waals surface area contributed by atoms with Gasteiger partial charge in [-0.3, -0.25) is 4.79 Å². The minimum Gasteiger partial charge on any atom is -0.496 e. The van der Waals surface area contributed by atoms with Crippen molar-refractivity contribution < 1.29 is 19.1 Å². The lowest BCUT2D eigenvalue weighted by Crippen LogP contribution is -2.30. The Kier molecular flexibility index (Phi) is 6.46. The highest BCUT2D eigenvalue weighted by molar-refractivity contribution is 6.33. The summed E-state index contributed by atoms with van der Waals surface area (Å²) < 4.78 is 10.3.